The second-order valence-corrected chi connectivity index (χ2v) is 6.57. The molecule has 6 nitrogen and oxygen atoms in total. The Morgan fingerprint density at radius 1 is 0.900 bits per heavy atom. The van der Waals surface area contributed by atoms with Crippen LogP contribution in [0.25, 0.3) is 10.9 Å². The van der Waals surface area contributed by atoms with E-state index in [9.17, 15) is 14.0 Å². The number of hydrogen-bond acceptors (Lipinski definition) is 3. The summed E-state index contributed by atoms with van der Waals surface area (Å²) >= 11 is 0. The number of methoxy groups -OCH3 is 1. The number of nitrogens with one attached hydrogen (secondary N) is 3. The summed E-state index contributed by atoms with van der Waals surface area (Å²) in [6, 6.07) is 19.6. The molecular formula is C23H18FN3O3. The molecule has 4 rings (SSSR count). The molecule has 0 saturated carbocycles. The molecule has 0 saturated heterocycles. The summed E-state index contributed by atoms with van der Waals surface area (Å²) in [5.74, 6) is -0.671. The van der Waals surface area contributed by atoms with E-state index in [4.69, 9.17) is 4.74 Å². The minimum Gasteiger partial charge on any atom is -0.497 e. The van der Waals surface area contributed by atoms with Crippen LogP contribution in [0.2, 0.25) is 0 Å². The van der Waals surface area contributed by atoms with Crippen LogP contribution < -0.4 is 15.4 Å². The lowest BCUT2D eigenvalue weighted by Crippen LogP contribution is -2.18. The number of fused-ring (bicyclic) bond motifs is 1. The summed E-state index contributed by atoms with van der Waals surface area (Å²) in [5.41, 5.74) is 1.90. The highest BCUT2D eigenvalue weighted by Gasteiger charge is 2.16. The van der Waals surface area contributed by atoms with Crippen molar-refractivity contribution in [3.05, 3.63) is 89.9 Å². The van der Waals surface area contributed by atoms with Gasteiger partial charge in [0.05, 0.1) is 18.4 Å². The first kappa shape index (κ1) is 19.2. The fourth-order valence-corrected chi connectivity index (χ4v) is 3.12. The van der Waals surface area contributed by atoms with Gasteiger partial charge in [0.25, 0.3) is 11.8 Å². The molecule has 0 spiro atoms. The molecule has 0 bridgehead atoms. The van der Waals surface area contributed by atoms with Crippen molar-refractivity contribution >= 4 is 34.1 Å². The molecule has 3 N–H and O–H groups in total. The van der Waals surface area contributed by atoms with Crippen LogP contribution in [-0.4, -0.2) is 23.9 Å². The molecule has 2 amide bonds. The van der Waals surface area contributed by atoms with Gasteiger partial charge in [0.2, 0.25) is 0 Å². The van der Waals surface area contributed by atoms with Gasteiger partial charge in [0.15, 0.2) is 0 Å². The van der Waals surface area contributed by atoms with E-state index in [0.29, 0.717) is 28.0 Å². The first-order valence-electron chi connectivity index (χ1n) is 9.18. The van der Waals surface area contributed by atoms with Gasteiger partial charge in [-0.2, -0.15) is 0 Å². The molecule has 4 aromatic rings. The van der Waals surface area contributed by atoms with Crippen LogP contribution in [-0.2, 0) is 0 Å². The van der Waals surface area contributed by atoms with Crippen molar-refractivity contribution in [3.63, 3.8) is 0 Å². The number of benzene rings is 3. The average molecular weight is 403 g/mol. The number of amides is 2. The van der Waals surface area contributed by atoms with Crippen molar-refractivity contribution in [1.29, 1.82) is 0 Å². The van der Waals surface area contributed by atoms with Crippen LogP contribution in [0.15, 0.2) is 72.8 Å². The topological polar surface area (TPSA) is 83.2 Å². The number of ether oxygens (including phenoxy) is 1. The van der Waals surface area contributed by atoms with Crippen molar-refractivity contribution in [1.82, 2.24) is 4.98 Å². The van der Waals surface area contributed by atoms with E-state index in [1.807, 2.05) is 0 Å². The van der Waals surface area contributed by atoms with E-state index in [-0.39, 0.29) is 17.2 Å². The molecule has 0 atom stereocenters. The van der Waals surface area contributed by atoms with Gasteiger partial charge in [-0.25, -0.2) is 4.39 Å². The van der Waals surface area contributed by atoms with Crippen LogP contribution >= 0.6 is 0 Å². The van der Waals surface area contributed by atoms with Crippen LogP contribution in [0.5, 0.6) is 5.75 Å². The van der Waals surface area contributed by atoms with Gasteiger partial charge >= 0.3 is 0 Å². The van der Waals surface area contributed by atoms with Gasteiger partial charge in [0, 0.05) is 22.7 Å². The van der Waals surface area contributed by atoms with E-state index in [2.05, 4.69) is 15.6 Å². The monoisotopic (exact) mass is 403 g/mol. The summed E-state index contributed by atoms with van der Waals surface area (Å²) in [6.45, 7) is 0. The van der Waals surface area contributed by atoms with Crippen LogP contribution in [0.3, 0.4) is 0 Å². The number of rotatable bonds is 5. The number of para-hydroxylation sites is 1. The number of H-pyrrole nitrogens is 1. The number of aromatic nitrogens is 1. The second kappa shape index (κ2) is 8.08. The Hall–Kier alpha value is -4.13. The van der Waals surface area contributed by atoms with Gasteiger partial charge in [-0.3, -0.25) is 9.59 Å². The molecule has 7 heteroatoms. The minimum atomic E-state index is -0.479. The van der Waals surface area contributed by atoms with E-state index in [0.717, 1.165) is 0 Å². The van der Waals surface area contributed by atoms with Crippen molar-refractivity contribution in [2.75, 3.05) is 17.7 Å². The zero-order valence-electron chi connectivity index (χ0n) is 16.0. The summed E-state index contributed by atoms with van der Waals surface area (Å²) in [7, 11) is 1.54. The van der Waals surface area contributed by atoms with E-state index in [1.165, 1.54) is 12.1 Å². The lowest BCUT2D eigenvalue weighted by molar-refractivity contribution is 0.102. The number of carbonyl (C=O) groups is 2. The van der Waals surface area contributed by atoms with Gasteiger partial charge in [-0.15, -0.1) is 0 Å². The van der Waals surface area contributed by atoms with Crippen molar-refractivity contribution in [3.8, 4) is 5.75 Å². The lowest BCUT2D eigenvalue weighted by Gasteiger charge is -2.11. The summed E-state index contributed by atoms with van der Waals surface area (Å²) in [5, 5.41) is 5.83. The number of carbonyl (C=O) groups excluding carboxylic acids is 2. The van der Waals surface area contributed by atoms with Crippen molar-refractivity contribution in [2.24, 2.45) is 0 Å². The molecule has 0 aliphatic heterocycles. The maximum Gasteiger partial charge on any atom is 0.272 e. The Kier molecular flexibility index (Phi) is 5.17. The molecular weight excluding hydrogens is 385 g/mol. The van der Waals surface area contributed by atoms with Crippen molar-refractivity contribution < 1.29 is 18.7 Å². The third kappa shape index (κ3) is 3.86. The molecule has 1 heterocycles. The summed E-state index contributed by atoms with van der Waals surface area (Å²) in [6.07, 6.45) is 0. The van der Waals surface area contributed by atoms with Crippen molar-refractivity contribution in [2.45, 2.75) is 0 Å². The van der Waals surface area contributed by atoms with Gasteiger partial charge in [0.1, 0.15) is 17.3 Å². The summed E-state index contributed by atoms with van der Waals surface area (Å²) < 4.78 is 19.1. The predicted octanol–water partition coefficient (Wildman–Crippen LogP) is 4.82. The summed E-state index contributed by atoms with van der Waals surface area (Å²) in [4.78, 5) is 28.4. The Morgan fingerprint density at radius 2 is 1.70 bits per heavy atom. The van der Waals surface area contributed by atoms with E-state index in [1.54, 1.807) is 67.8 Å². The Bertz CT molecular complexity index is 1250. The molecule has 0 aliphatic rings. The normalized spacial score (nSPS) is 10.6. The highest BCUT2D eigenvalue weighted by molar-refractivity contribution is 6.13. The number of anilines is 2. The highest BCUT2D eigenvalue weighted by Crippen LogP contribution is 2.22. The molecule has 0 aliphatic carbocycles. The fourth-order valence-electron chi connectivity index (χ4n) is 3.12. The molecule has 0 fully saturated rings. The molecule has 1 aromatic heterocycles. The Balaban J connectivity index is 1.57. The SMILES string of the molecule is COc1cccc(NC(=O)c2ccccc2NC(=O)c2cc3c(F)cccc3[nH]2)c1. The zero-order valence-corrected chi connectivity index (χ0v) is 16.0. The fraction of sp³-hybridized carbons (Fsp3) is 0.0435. The number of halogens is 1. The van der Waals surface area contributed by atoms with Gasteiger partial charge in [-0.1, -0.05) is 24.3 Å². The van der Waals surface area contributed by atoms with Gasteiger partial charge < -0.3 is 20.4 Å². The highest BCUT2D eigenvalue weighted by atomic mass is 19.1. The molecule has 0 radical (unpaired) electrons. The average Bonchev–Trinajstić information content (AvgIpc) is 3.20. The first-order valence-corrected chi connectivity index (χ1v) is 9.18. The van der Waals surface area contributed by atoms with Crippen LogP contribution in [0.1, 0.15) is 20.8 Å². The minimum absolute atomic E-state index is 0.193. The lowest BCUT2D eigenvalue weighted by atomic mass is 10.1. The third-order valence-corrected chi connectivity index (χ3v) is 4.60. The van der Waals surface area contributed by atoms with Gasteiger partial charge in [-0.05, 0) is 42.5 Å². The molecule has 3 aromatic carbocycles. The molecule has 30 heavy (non-hydrogen) atoms. The third-order valence-electron chi connectivity index (χ3n) is 4.60. The van der Waals surface area contributed by atoms with E-state index < -0.39 is 11.7 Å². The van der Waals surface area contributed by atoms with Crippen LogP contribution in [0, 0.1) is 5.82 Å². The van der Waals surface area contributed by atoms with E-state index >= 15 is 0 Å². The number of aromatic amines is 1. The second-order valence-electron chi connectivity index (χ2n) is 6.57. The standard InChI is InChI=1S/C23H18FN3O3/c1-30-15-7-4-6-14(12-15)25-22(28)16-8-2-3-10-19(16)27-23(29)21-13-17-18(24)9-5-11-20(17)26-21/h2-13,26H,1H3,(H,25,28)(H,27,29). The quantitative estimate of drug-likeness (QED) is 0.447. The Labute approximate surface area is 171 Å². The Morgan fingerprint density at radius 3 is 2.50 bits per heavy atom. The smallest absolute Gasteiger partial charge is 0.272 e. The first-order chi connectivity index (χ1) is 14.5. The maximum absolute atomic E-state index is 13.9. The zero-order chi connectivity index (χ0) is 21.1. The maximum atomic E-state index is 13.9. The number of hydrogen-bond donors (Lipinski definition) is 3. The largest absolute Gasteiger partial charge is 0.497 e. The van der Waals surface area contributed by atoms with Crippen LogP contribution in [0.4, 0.5) is 15.8 Å². The molecule has 150 valence electrons. The molecule has 0 unspecified atom stereocenters. The predicted molar refractivity (Wildman–Crippen MR) is 114 cm³/mol.